The Morgan fingerprint density at radius 2 is 2.00 bits per heavy atom. The molecule has 1 saturated carbocycles. The molecule has 2 aliphatic heterocycles. The van der Waals surface area contributed by atoms with Gasteiger partial charge < -0.3 is 9.42 Å². The van der Waals surface area contributed by atoms with Crippen LogP contribution in [0.4, 0.5) is 15.9 Å². The predicted molar refractivity (Wildman–Crippen MR) is 117 cm³/mol. The third-order valence-corrected chi connectivity index (χ3v) is 10.2. The molecule has 3 aliphatic rings. The van der Waals surface area contributed by atoms with E-state index in [1.807, 2.05) is 4.90 Å². The molecule has 0 bridgehead atoms. The number of nitrogens with zero attached hydrogens (tertiary/aromatic N) is 3. The van der Waals surface area contributed by atoms with Gasteiger partial charge in [-0.15, -0.1) is 0 Å². The quantitative estimate of drug-likeness (QED) is 0.292. The van der Waals surface area contributed by atoms with Crippen LogP contribution in [0.5, 0.6) is 0 Å². The van der Waals surface area contributed by atoms with Crippen molar-refractivity contribution in [3.63, 3.8) is 0 Å². The van der Waals surface area contributed by atoms with E-state index >= 15 is 4.39 Å². The van der Waals surface area contributed by atoms with Crippen molar-refractivity contribution in [1.29, 1.82) is 0 Å². The molecule has 0 amide bonds. The number of aromatic nitrogens is 1. The molecule has 7 nitrogen and oxygen atoms in total. The van der Waals surface area contributed by atoms with Gasteiger partial charge in [-0.1, -0.05) is 28.4 Å². The maximum atomic E-state index is 15.2. The number of alkyl halides is 1. The number of hydrogen-bond acceptors (Lipinski definition) is 6. The largest absolute Gasteiger partial charge is 0.365 e. The van der Waals surface area contributed by atoms with Gasteiger partial charge in [0.15, 0.2) is 15.1 Å². The summed E-state index contributed by atoms with van der Waals surface area (Å²) in [7, 11) is -4.34. The van der Waals surface area contributed by atoms with Crippen LogP contribution in [0.25, 0.3) is 0 Å². The fraction of sp³-hybridized carbons (Fsp3) is 0.550. The summed E-state index contributed by atoms with van der Waals surface area (Å²) in [4.78, 5) is 3.86. The summed E-state index contributed by atoms with van der Waals surface area (Å²) in [5.41, 5.74) is 0.997. The molecule has 1 aromatic heterocycles. The zero-order valence-corrected chi connectivity index (χ0v) is 21.8. The Morgan fingerprint density at radius 1 is 1.22 bits per heavy atom. The van der Waals surface area contributed by atoms with Crippen LogP contribution in [-0.2, 0) is 10.0 Å². The molecule has 1 spiro atoms. The molecule has 0 radical (unpaired) electrons. The highest BCUT2D eigenvalue weighted by Crippen LogP contribution is 2.52. The highest BCUT2D eigenvalue weighted by molar-refractivity contribution is 7.92. The molecule has 1 aliphatic carbocycles. The van der Waals surface area contributed by atoms with E-state index in [1.54, 1.807) is 0 Å². The molecule has 3 heterocycles. The Balaban J connectivity index is 1.35. The van der Waals surface area contributed by atoms with Gasteiger partial charge in [-0.25, -0.2) is 12.8 Å². The number of rotatable bonds is 6. The highest BCUT2D eigenvalue weighted by atomic mass is 127. The van der Waals surface area contributed by atoms with Crippen molar-refractivity contribution in [1.82, 2.24) is 10.1 Å². The molecular weight excluding hydrogens is 593 g/mol. The second kappa shape index (κ2) is 8.14. The van der Waals surface area contributed by atoms with Crippen molar-refractivity contribution in [2.75, 3.05) is 42.3 Å². The predicted octanol–water partition coefficient (Wildman–Crippen LogP) is 0.642. The number of nitrogens with one attached hydrogen (secondary N) is 1. The van der Waals surface area contributed by atoms with Crippen LogP contribution in [-0.4, -0.2) is 54.6 Å². The van der Waals surface area contributed by atoms with E-state index in [9.17, 15) is 8.42 Å². The van der Waals surface area contributed by atoms with E-state index in [0.29, 0.717) is 24.2 Å². The van der Waals surface area contributed by atoms with Crippen molar-refractivity contribution in [3.8, 4) is 0 Å². The van der Waals surface area contributed by atoms with Gasteiger partial charge in [0.2, 0.25) is 0 Å². The number of benzene rings is 1. The molecule has 2 saturated heterocycles. The average molecular weight is 616 g/mol. The van der Waals surface area contributed by atoms with Gasteiger partial charge >= 0.3 is 0 Å². The minimum Gasteiger partial charge on any atom is -0.365 e. The second-order valence-electron chi connectivity index (χ2n) is 9.14. The van der Waals surface area contributed by atoms with Gasteiger partial charge in [-0.05, 0) is 37.3 Å². The number of halogens is 4. The normalized spacial score (nSPS) is 25.1. The van der Waals surface area contributed by atoms with E-state index in [1.165, 1.54) is 44.2 Å². The van der Waals surface area contributed by atoms with E-state index < -0.39 is 20.7 Å². The molecule has 174 valence electrons. The van der Waals surface area contributed by atoms with Crippen LogP contribution in [0.15, 0.2) is 27.8 Å². The number of sulfonamides is 1. The summed E-state index contributed by atoms with van der Waals surface area (Å²) < 4.78 is 47.4. The van der Waals surface area contributed by atoms with Crippen LogP contribution >= 0.6 is 23.2 Å². The highest BCUT2D eigenvalue weighted by Gasteiger charge is 2.52. The molecule has 3 fully saturated rings. The molecule has 1 N–H and O–H groups in total. The fourth-order valence-corrected chi connectivity index (χ4v) is 8.01. The molecule has 12 heteroatoms. The fourth-order valence-electron chi connectivity index (χ4n) is 4.83. The summed E-state index contributed by atoms with van der Waals surface area (Å²) >= 11 is 14.8. The third kappa shape index (κ3) is 4.33. The Labute approximate surface area is 209 Å². The Morgan fingerprint density at radius 3 is 2.66 bits per heavy atom. The van der Waals surface area contributed by atoms with Crippen LogP contribution in [0.1, 0.15) is 25.7 Å². The lowest BCUT2D eigenvalue weighted by Crippen LogP contribution is -3.44. The summed E-state index contributed by atoms with van der Waals surface area (Å²) in [6, 6.07) is 2.74. The van der Waals surface area contributed by atoms with Crippen LogP contribution in [0.2, 0.25) is 10.0 Å². The van der Waals surface area contributed by atoms with E-state index in [2.05, 4.69) is 41.9 Å². The number of anilines is 2. The Hall–Kier alpha value is -0.820. The Bertz CT molecular complexity index is 1150. The number of likely N-dealkylation sites (tertiary alicyclic amines) is 1. The molecule has 0 unspecified atom stereocenters. The summed E-state index contributed by atoms with van der Waals surface area (Å²) in [6.45, 7) is 4.73. The van der Waals surface area contributed by atoms with E-state index in [0.717, 1.165) is 19.5 Å². The first-order chi connectivity index (χ1) is 15.1. The van der Waals surface area contributed by atoms with Crippen molar-refractivity contribution < 1.29 is 39.9 Å². The van der Waals surface area contributed by atoms with Gasteiger partial charge in [-0.2, -0.15) is 0 Å². The minimum absolute atomic E-state index is 0.0576. The molecule has 2 aromatic rings. The maximum absolute atomic E-state index is 15.2. The lowest BCUT2D eigenvalue weighted by molar-refractivity contribution is -0.471. The van der Waals surface area contributed by atoms with E-state index in [4.69, 9.17) is 23.2 Å². The minimum atomic E-state index is -4.34. The molecule has 32 heavy (non-hydrogen) atoms. The monoisotopic (exact) mass is 615 g/mol. The molecular formula is C20H23Cl2FIN4O3S+. The van der Waals surface area contributed by atoms with Crippen molar-refractivity contribution in [2.24, 2.45) is 5.41 Å². The van der Waals surface area contributed by atoms with Gasteiger partial charge in [0.1, 0.15) is 16.2 Å². The van der Waals surface area contributed by atoms with Crippen molar-refractivity contribution >= 4 is 44.7 Å². The zero-order valence-electron chi connectivity index (χ0n) is 17.1. The van der Waals surface area contributed by atoms with Gasteiger partial charge in [0.25, 0.3) is 32.6 Å². The Kier molecular flexibility index (Phi) is 5.84. The van der Waals surface area contributed by atoms with Crippen molar-refractivity contribution in [2.45, 2.75) is 34.0 Å². The smallest absolute Gasteiger partial charge is 0.267 e. The van der Waals surface area contributed by atoms with Crippen LogP contribution < -0.4 is 32.2 Å². The molecule has 5 rings (SSSR count). The first-order valence-electron chi connectivity index (χ1n) is 10.4. The zero-order chi connectivity index (χ0) is 22.7. The lowest BCUT2D eigenvalue weighted by atomic mass is 10.1. The van der Waals surface area contributed by atoms with Crippen LogP contribution in [0.3, 0.4) is 0 Å². The maximum Gasteiger partial charge on any atom is 0.267 e. The van der Waals surface area contributed by atoms with Gasteiger partial charge in [-0.3, -0.25) is 9.62 Å². The first kappa shape index (κ1) is 22.9. The standard InChI is InChI=1S/C20H23Cl2FIN4O3S/c21-13-9-14(16(22)17(23)18(13)32(29,30)26-15-1-8-31-25-15)28-7-5-20(24,12-28)11-27-6-4-19(10-27)2-3-19/h1,8-9,24H,2-7,10-12H2,(H,25,26)/q+1/t20-/m0/s1. The van der Waals surface area contributed by atoms with Crippen LogP contribution in [0, 0.1) is 11.2 Å². The third-order valence-electron chi connectivity index (χ3n) is 6.69. The summed E-state index contributed by atoms with van der Waals surface area (Å²) in [6.07, 6.45) is 6.13. The molecule has 1 aromatic carbocycles. The summed E-state index contributed by atoms with van der Waals surface area (Å²) in [5.74, 6) is -1.15. The first-order valence-corrected chi connectivity index (χ1v) is 13.8. The SMILES string of the molecule is O=S(=O)(Nc1ccon1)c1c(Cl)cc(N2CC[C@]([IH+])(CN3CCC4(CC4)C3)C2)c(Cl)c1F. The number of hydrogen-bond donors (Lipinski definition) is 1. The summed E-state index contributed by atoms with van der Waals surface area (Å²) in [5, 5.41) is 3.00. The molecule has 1 atom stereocenters. The average Bonchev–Trinajstić information content (AvgIpc) is 3.04. The van der Waals surface area contributed by atoms with Gasteiger partial charge in [0.05, 0.1) is 17.3 Å². The van der Waals surface area contributed by atoms with Crippen molar-refractivity contribution in [3.05, 3.63) is 34.3 Å². The second-order valence-corrected chi connectivity index (χ2v) is 14.0. The van der Waals surface area contributed by atoms with E-state index in [-0.39, 0.29) is 19.3 Å². The van der Waals surface area contributed by atoms with Gasteiger partial charge in [0, 0.05) is 32.1 Å². The lowest BCUT2D eigenvalue weighted by Gasteiger charge is -2.25. The topological polar surface area (TPSA) is 78.7 Å².